The molecule has 4 aromatic rings. The summed E-state index contributed by atoms with van der Waals surface area (Å²) in [4.78, 5) is 20.5. The third-order valence-corrected chi connectivity index (χ3v) is 4.33. The highest BCUT2D eigenvalue weighted by Crippen LogP contribution is 2.23. The Morgan fingerprint density at radius 2 is 1.74 bits per heavy atom. The predicted octanol–water partition coefficient (Wildman–Crippen LogP) is 4.09. The minimum Gasteiger partial charge on any atom is -0.484 e. The van der Waals surface area contributed by atoms with Crippen molar-refractivity contribution in [2.45, 2.75) is 13.8 Å². The molecule has 1 N–H and O–H groups in total. The molecule has 2 aromatic heterocycles. The summed E-state index contributed by atoms with van der Waals surface area (Å²) in [7, 11) is 0. The van der Waals surface area contributed by atoms with Gasteiger partial charge in [-0.15, -0.1) is 0 Å². The Hall–Kier alpha value is -4.20. The maximum absolute atomic E-state index is 12.1. The molecular formula is C23H21N5O3. The number of carbonyl (C=O) groups is 1. The van der Waals surface area contributed by atoms with Crippen LogP contribution in [0.25, 0.3) is 5.82 Å². The first-order chi connectivity index (χ1) is 15.1. The van der Waals surface area contributed by atoms with Crippen LogP contribution in [0.4, 0.5) is 5.69 Å². The van der Waals surface area contributed by atoms with Crippen LogP contribution in [0.5, 0.6) is 17.4 Å². The first-order valence-electron chi connectivity index (χ1n) is 9.68. The fraction of sp³-hybridized carbons (Fsp3) is 0.130. The molecule has 0 spiro atoms. The number of anilines is 1. The molecule has 0 saturated carbocycles. The number of nitrogens with one attached hydrogen (secondary N) is 1. The van der Waals surface area contributed by atoms with Crippen LogP contribution in [-0.2, 0) is 4.79 Å². The molecule has 0 aliphatic carbocycles. The molecule has 1 amide bonds. The number of rotatable bonds is 7. The fourth-order valence-electron chi connectivity index (χ4n) is 2.95. The number of benzene rings is 2. The van der Waals surface area contributed by atoms with E-state index in [-0.39, 0.29) is 12.5 Å². The largest absolute Gasteiger partial charge is 0.484 e. The second kappa shape index (κ2) is 9.08. The van der Waals surface area contributed by atoms with Gasteiger partial charge in [-0.05, 0) is 56.3 Å². The van der Waals surface area contributed by atoms with Crippen molar-refractivity contribution in [2.75, 3.05) is 11.9 Å². The van der Waals surface area contributed by atoms with Gasteiger partial charge in [-0.1, -0.05) is 18.2 Å². The van der Waals surface area contributed by atoms with Crippen LogP contribution >= 0.6 is 0 Å². The Morgan fingerprint density at radius 1 is 0.968 bits per heavy atom. The van der Waals surface area contributed by atoms with E-state index in [9.17, 15) is 4.79 Å². The Morgan fingerprint density at radius 3 is 2.45 bits per heavy atom. The van der Waals surface area contributed by atoms with Gasteiger partial charge in [-0.3, -0.25) is 4.79 Å². The molecule has 0 unspecified atom stereocenters. The van der Waals surface area contributed by atoms with E-state index in [1.54, 1.807) is 47.1 Å². The molecule has 0 saturated heterocycles. The summed E-state index contributed by atoms with van der Waals surface area (Å²) < 4.78 is 13.0. The highest BCUT2D eigenvalue weighted by atomic mass is 16.5. The van der Waals surface area contributed by atoms with Gasteiger partial charge in [0.15, 0.2) is 12.4 Å². The third-order valence-electron chi connectivity index (χ3n) is 4.33. The number of aromatic nitrogens is 4. The van der Waals surface area contributed by atoms with Crippen molar-refractivity contribution in [3.8, 4) is 23.2 Å². The minimum absolute atomic E-state index is 0.0711. The first-order valence-corrected chi connectivity index (χ1v) is 9.68. The van der Waals surface area contributed by atoms with E-state index in [1.807, 2.05) is 38.1 Å². The van der Waals surface area contributed by atoms with Crippen LogP contribution in [0.1, 0.15) is 11.4 Å². The zero-order chi connectivity index (χ0) is 21.6. The molecule has 0 atom stereocenters. The first kappa shape index (κ1) is 20.1. The van der Waals surface area contributed by atoms with Crippen molar-refractivity contribution >= 4 is 11.6 Å². The van der Waals surface area contributed by atoms with Gasteiger partial charge in [0.25, 0.3) is 5.91 Å². The lowest BCUT2D eigenvalue weighted by Gasteiger charge is -2.09. The Balaban J connectivity index is 1.36. The second-order valence-corrected chi connectivity index (χ2v) is 6.83. The summed E-state index contributed by atoms with van der Waals surface area (Å²) in [5.41, 5.74) is 2.52. The van der Waals surface area contributed by atoms with E-state index in [0.717, 1.165) is 11.4 Å². The number of hydrogen-bond donors (Lipinski definition) is 1. The lowest BCUT2D eigenvalue weighted by atomic mass is 10.3. The molecule has 0 aliphatic rings. The van der Waals surface area contributed by atoms with Crippen LogP contribution in [0.2, 0.25) is 0 Å². The molecule has 0 radical (unpaired) electrons. The van der Waals surface area contributed by atoms with Gasteiger partial charge in [0, 0.05) is 17.4 Å². The van der Waals surface area contributed by atoms with E-state index in [2.05, 4.69) is 20.4 Å². The average Bonchev–Trinajstić information content (AvgIpc) is 3.12. The molecule has 156 valence electrons. The number of hydrogen-bond acceptors (Lipinski definition) is 6. The fourth-order valence-corrected chi connectivity index (χ4v) is 2.95. The van der Waals surface area contributed by atoms with E-state index < -0.39 is 0 Å². The maximum atomic E-state index is 12.1. The lowest BCUT2D eigenvalue weighted by molar-refractivity contribution is -0.118. The number of para-hydroxylation sites is 1. The molecular weight excluding hydrogens is 394 g/mol. The monoisotopic (exact) mass is 415 g/mol. The van der Waals surface area contributed by atoms with Crippen molar-refractivity contribution in [3.63, 3.8) is 0 Å². The van der Waals surface area contributed by atoms with Crippen molar-refractivity contribution in [2.24, 2.45) is 0 Å². The number of nitrogens with zero attached hydrogens (tertiary/aromatic N) is 4. The van der Waals surface area contributed by atoms with Crippen LogP contribution in [0.3, 0.4) is 0 Å². The molecule has 0 aliphatic heterocycles. The molecule has 0 bridgehead atoms. The summed E-state index contributed by atoms with van der Waals surface area (Å²) in [5, 5.41) is 7.21. The highest BCUT2D eigenvalue weighted by Gasteiger charge is 2.08. The summed E-state index contributed by atoms with van der Waals surface area (Å²) in [6.45, 7) is 3.81. The molecule has 31 heavy (non-hydrogen) atoms. The van der Waals surface area contributed by atoms with Gasteiger partial charge >= 0.3 is 0 Å². The summed E-state index contributed by atoms with van der Waals surface area (Å²) in [5.74, 6) is 1.99. The van der Waals surface area contributed by atoms with E-state index >= 15 is 0 Å². The predicted molar refractivity (Wildman–Crippen MR) is 116 cm³/mol. The molecule has 0 fully saturated rings. The van der Waals surface area contributed by atoms with Gasteiger partial charge in [0.1, 0.15) is 17.8 Å². The number of aryl methyl sites for hydroxylation is 2. The van der Waals surface area contributed by atoms with Crippen molar-refractivity contribution in [1.29, 1.82) is 0 Å². The molecule has 8 nitrogen and oxygen atoms in total. The molecule has 8 heteroatoms. The number of amides is 1. The summed E-state index contributed by atoms with van der Waals surface area (Å²) in [6, 6.07) is 19.9. The summed E-state index contributed by atoms with van der Waals surface area (Å²) in [6.07, 6.45) is 1.43. The van der Waals surface area contributed by atoms with Gasteiger partial charge in [-0.25, -0.2) is 14.6 Å². The van der Waals surface area contributed by atoms with Gasteiger partial charge in [0.2, 0.25) is 5.88 Å². The SMILES string of the molecule is Cc1cc(C)n(-c2cc(Oc3ccc(NC(=O)COc4ccccc4)cc3)ncn2)n1. The van der Waals surface area contributed by atoms with Crippen LogP contribution in [0.15, 0.2) is 73.1 Å². The average molecular weight is 415 g/mol. The van der Waals surface area contributed by atoms with Crippen LogP contribution in [-0.4, -0.2) is 32.3 Å². The van der Waals surface area contributed by atoms with Crippen molar-refractivity contribution < 1.29 is 14.3 Å². The molecule has 2 heterocycles. The zero-order valence-electron chi connectivity index (χ0n) is 17.1. The van der Waals surface area contributed by atoms with Gasteiger partial charge in [-0.2, -0.15) is 5.10 Å². The van der Waals surface area contributed by atoms with Crippen molar-refractivity contribution in [3.05, 3.63) is 84.4 Å². The van der Waals surface area contributed by atoms with E-state index in [0.29, 0.717) is 28.9 Å². The third kappa shape index (κ3) is 5.24. The van der Waals surface area contributed by atoms with Gasteiger partial charge in [0.05, 0.1) is 5.69 Å². The quantitative estimate of drug-likeness (QED) is 0.489. The van der Waals surface area contributed by atoms with Crippen LogP contribution < -0.4 is 14.8 Å². The highest BCUT2D eigenvalue weighted by molar-refractivity contribution is 5.91. The molecule has 2 aromatic carbocycles. The zero-order valence-corrected chi connectivity index (χ0v) is 17.1. The normalized spacial score (nSPS) is 10.5. The standard InChI is InChI=1S/C23H21N5O3/c1-16-12-17(2)28(27-16)21-13-23(25-15-24-21)31-20-10-8-18(9-11-20)26-22(29)14-30-19-6-4-3-5-7-19/h3-13,15H,14H2,1-2H3,(H,26,29). The Bertz CT molecular complexity index is 1170. The van der Waals surface area contributed by atoms with Gasteiger partial charge < -0.3 is 14.8 Å². The summed E-state index contributed by atoms with van der Waals surface area (Å²) >= 11 is 0. The lowest BCUT2D eigenvalue weighted by Crippen LogP contribution is -2.20. The maximum Gasteiger partial charge on any atom is 0.262 e. The second-order valence-electron chi connectivity index (χ2n) is 6.83. The number of carbonyl (C=O) groups excluding carboxylic acids is 1. The smallest absolute Gasteiger partial charge is 0.262 e. The topological polar surface area (TPSA) is 91.2 Å². The van der Waals surface area contributed by atoms with E-state index in [1.165, 1.54) is 6.33 Å². The molecule has 4 rings (SSSR count). The Kier molecular flexibility index (Phi) is 5.89. The minimum atomic E-state index is -0.247. The van der Waals surface area contributed by atoms with Crippen molar-refractivity contribution in [1.82, 2.24) is 19.7 Å². The van der Waals surface area contributed by atoms with E-state index in [4.69, 9.17) is 9.47 Å². The Labute approximate surface area is 179 Å². The van der Waals surface area contributed by atoms with Crippen LogP contribution in [0, 0.1) is 13.8 Å². The number of ether oxygens (including phenoxy) is 2.